The zero-order valence-corrected chi connectivity index (χ0v) is 17.6. The first-order valence-corrected chi connectivity index (χ1v) is 10.2. The number of ether oxygens (including phenoxy) is 2. The number of amides is 1. The van der Waals surface area contributed by atoms with Crippen LogP contribution in [0.5, 0.6) is 5.75 Å². The minimum Gasteiger partial charge on any atom is -0.487 e. The van der Waals surface area contributed by atoms with Gasteiger partial charge in [0, 0.05) is 17.8 Å². The van der Waals surface area contributed by atoms with Gasteiger partial charge in [-0.15, -0.1) is 0 Å². The lowest BCUT2D eigenvalue weighted by molar-refractivity contribution is -0.121. The monoisotopic (exact) mass is 421 g/mol. The first-order chi connectivity index (χ1) is 13.4. The summed E-state index contributed by atoms with van der Waals surface area (Å²) in [6.07, 6.45) is 3.59. The summed E-state index contributed by atoms with van der Waals surface area (Å²) in [5.74, 6) is 0.558. The Hall–Kier alpha value is -1.75. The van der Waals surface area contributed by atoms with Crippen molar-refractivity contribution >= 4 is 34.8 Å². The van der Waals surface area contributed by atoms with Crippen LogP contribution in [0, 0.1) is 0 Å². The van der Waals surface area contributed by atoms with E-state index < -0.39 is 5.41 Å². The fraction of sp³-hybridized carbons (Fsp3) is 0.409. The van der Waals surface area contributed by atoms with E-state index in [0.29, 0.717) is 28.1 Å². The Morgan fingerprint density at radius 3 is 2.43 bits per heavy atom. The van der Waals surface area contributed by atoms with Crippen LogP contribution in [0.1, 0.15) is 38.2 Å². The maximum absolute atomic E-state index is 13.2. The van der Waals surface area contributed by atoms with E-state index in [4.69, 9.17) is 32.7 Å². The number of halogens is 2. The number of rotatable bonds is 7. The Kier molecular flexibility index (Phi) is 6.86. The van der Waals surface area contributed by atoms with Gasteiger partial charge in [-0.05, 0) is 55.7 Å². The Morgan fingerprint density at radius 2 is 1.82 bits per heavy atom. The Balaban J connectivity index is 1.77. The number of hydrogen-bond donors (Lipinski definition) is 1. The Labute approximate surface area is 176 Å². The number of carbonyl (C=O) groups excluding carboxylic acids is 1. The van der Waals surface area contributed by atoms with E-state index in [1.165, 1.54) is 0 Å². The number of anilines is 1. The first kappa shape index (κ1) is 21.0. The van der Waals surface area contributed by atoms with Crippen molar-refractivity contribution in [3.8, 4) is 5.75 Å². The van der Waals surface area contributed by atoms with Crippen molar-refractivity contribution in [3.05, 3.63) is 58.1 Å². The van der Waals surface area contributed by atoms with Gasteiger partial charge in [0.15, 0.2) is 0 Å². The summed E-state index contributed by atoms with van der Waals surface area (Å²) in [7, 11) is 1.62. The van der Waals surface area contributed by atoms with Gasteiger partial charge >= 0.3 is 0 Å². The highest BCUT2D eigenvalue weighted by Gasteiger charge is 2.42. The predicted octanol–water partition coefficient (Wildman–Crippen LogP) is 5.86. The van der Waals surface area contributed by atoms with E-state index in [1.54, 1.807) is 19.2 Å². The zero-order valence-electron chi connectivity index (χ0n) is 16.1. The molecule has 1 fully saturated rings. The van der Waals surface area contributed by atoms with Gasteiger partial charge in [-0.3, -0.25) is 4.79 Å². The highest BCUT2D eigenvalue weighted by molar-refractivity contribution is 6.32. The third kappa shape index (κ3) is 4.62. The van der Waals surface area contributed by atoms with Gasteiger partial charge in [-0.2, -0.15) is 0 Å². The molecule has 0 aliphatic heterocycles. The van der Waals surface area contributed by atoms with Gasteiger partial charge in [0.1, 0.15) is 11.9 Å². The molecule has 1 aliphatic carbocycles. The summed E-state index contributed by atoms with van der Waals surface area (Å²) in [6, 6.07) is 12.9. The molecule has 2 aromatic carbocycles. The molecule has 150 valence electrons. The van der Waals surface area contributed by atoms with Crippen LogP contribution >= 0.6 is 23.2 Å². The smallest absolute Gasteiger partial charge is 0.235 e. The lowest BCUT2D eigenvalue weighted by Crippen LogP contribution is -2.38. The average molecular weight is 422 g/mol. The number of hydrogen-bond acceptors (Lipinski definition) is 3. The van der Waals surface area contributed by atoms with E-state index in [0.717, 1.165) is 31.2 Å². The van der Waals surface area contributed by atoms with Gasteiger partial charge in [0.2, 0.25) is 5.91 Å². The number of benzene rings is 2. The molecule has 28 heavy (non-hydrogen) atoms. The van der Waals surface area contributed by atoms with Gasteiger partial charge in [0.25, 0.3) is 0 Å². The number of methoxy groups -OCH3 is 1. The topological polar surface area (TPSA) is 47.6 Å². The molecule has 0 radical (unpaired) electrons. The Morgan fingerprint density at radius 1 is 1.14 bits per heavy atom. The third-order valence-corrected chi connectivity index (χ3v) is 5.76. The molecular weight excluding hydrogens is 397 g/mol. The van der Waals surface area contributed by atoms with E-state index in [9.17, 15) is 4.79 Å². The van der Waals surface area contributed by atoms with Crippen LogP contribution < -0.4 is 10.1 Å². The van der Waals surface area contributed by atoms with Crippen LogP contribution in [-0.4, -0.2) is 25.7 Å². The van der Waals surface area contributed by atoms with Crippen LogP contribution in [0.2, 0.25) is 10.0 Å². The highest BCUT2D eigenvalue weighted by Crippen LogP contribution is 2.42. The molecule has 1 N–H and O–H groups in total. The van der Waals surface area contributed by atoms with Crippen molar-refractivity contribution in [3.63, 3.8) is 0 Å². The normalized spacial score (nSPS) is 16.6. The molecule has 0 saturated heterocycles. The van der Waals surface area contributed by atoms with Crippen molar-refractivity contribution in [1.29, 1.82) is 0 Å². The van der Waals surface area contributed by atoms with Crippen molar-refractivity contribution in [2.45, 2.75) is 44.1 Å². The van der Waals surface area contributed by atoms with Gasteiger partial charge in [-0.25, -0.2) is 0 Å². The van der Waals surface area contributed by atoms with Crippen LogP contribution in [-0.2, 0) is 14.9 Å². The van der Waals surface area contributed by atoms with Crippen LogP contribution in [0.25, 0.3) is 0 Å². The SMILES string of the molecule is COCC(C)Oc1ccc(NC(=O)C2(c3ccc(Cl)cc3)CCCC2)cc1Cl. The van der Waals surface area contributed by atoms with Crippen LogP contribution in [0.15, 0.2) is 42.5 Å². The molecule has 4 nitrogen and oxygen atoms in total. The second-order valence-electron chi connectivity index (χ2n) is 7.28. The lowest BCUT2D eigenvalue weighted by atomic mass is 9.78. The molecule has 1 amide bonds. The average Bonchev–Trinajstić information content (AvgIpc) is 3.16. The molecule has 1 unspecified atom stereocenters. The molecular formula is C22H25Cl2NO3. The number of carbonyl (C=O) groups is 1. The predicted molar refractivity (Wildman–Crippen MR) is 114 cm³/mol. The minimum absolute atomic E-state index is 0.00944. The first-order valence-electron chi connectivity index (χ1n) is 9.47. The molecule has 0 spiro atoms. The lowest BCUT2D eigenvalue weighted by Gasteiger charge is -2.28. The fourth-order valence-electron chi connectivity index (χ4n) is 3.80. The summed E-state index contributed by atoms with van der Waals surface area (Å²) in [6.45, 7) is 2.38. The second-order valence-corrected chi connectivity index (χ2v) is 8.12. The summed E-state index contributed by atoms with van der Waals surface area (Å²) < 4.78 is 10.8. The molecule has 0 heterocycles. The van der Waals surface area contributed by atoms with Gasteiger partial charge < -0.3 is 14.8 Å². The second kappa shape index (κ2) is 9.17. The van der Waals surface area contributed by atoms with Gasteiger partial charge in [-0.1, -0.05) is 48.2 Å². The largest absolute Gasteiger partial charge is 0.487 e. The van der Waals surface area contributed by atoms with E-state index >= 15 is 0 Å². The molecule has 2 aromatic rings. The molecule has 1 saturated carbocycles. The summed E-state index contributed by atoms with van der Waals surface area (Å²) >= 11 is 12.4. The van der Waals surface area contributed by atoms with Crippen molar-refractivity contribution in [2.24, 2.45) is 0 Å². The van der Waals surface area contributed by atoms with E-state index in [-0.39, 0.29) is 12.0 Å². The Bertz CT molecular complexity index is 817. The number of nitrogens with one attached hydrogen (secondary N) is 1. The van der Waals surface area contributed by atoms with Crippen molar-refractivity contribution in [2.75, 3.05) is 19.0 Å². The maximum atomic E-state index is 13.2. The summed E-state index contributed by atoms with van der Waals surface area (Å²) in [5, 5.41) is 4.17. The van der Waals surface area contributed by atoms with Crippen LogP contribution in [0.3, 0.4) is 0 Å². The van der Waals surface area contributed by atoms with E-state index in [1.807, 2.05) is 37.3 Å². The third-order valence-electron chi connectivity index (χ3n) is 5.21. The minimum atomic E-state index is -0.529. The molecule has 1 aliphatic rings. The zero-order chi connectivity index (χ0) is 20.1. The fourth-order valence-corrected chi connectivity index (χ4v) is 4.16. The van der Waals surface area contributed by atoms with Gasteiger partial charge in [0.05, 0.1) is 17.0 Å². The molecule has 1 atom stereocenters. The summed E-state index contributed by atoms with van der Waals surface area (Å²) in [5.41, 5.74) is 1.13. The van der Waals surface area contributed by atoms with Crippen molar-refractivity contribution < 1.29 is 14.3 Å². The molecule has 0 aromatic heterocycles. The quantitative estimate of drug-likeness (QED) is 0.608. The molecule has 3 rings (SSSR count). The highest BCUT2D eigenvalue weighted by atomic mass is 35.5. The van der Waals surface area contributed by atoms with Crippen molar-refractivity contribution in [1.82, 2.24) is 0 Å². The molecule has 6 heteroatoms. The maximum Gasteiger partial charge on any atom is 0.235 e. The summed E-state index contributed by atoms with van der Waals surface area (Å²) in [4.78, 5) is 13.2. The van der Waals surface area contributed by atoms with Crippen LogP contribution in [0.4, 0.5) is 5.69 Å². The van der Waals surface area contributed by atoms with E-state index in [2.05, 4.69) is 5.32 Å². The standard InChI is InChI=1S/C22H25Cl2NO3/c1-15(14-27-2)28-20-10-9-18(13-19(20)24)25-21(26)22(11-3-4-12-22)16-5-7-17(23)8-6-16/h5-10,13,15H,3-4,11-12,14H2,1-2H3,(H,25,26). The molecule has 0 bridgehead atoms.